The summed E-state index contributed by atoms with van der Waals surface area (Å²) in [5, 5.41) is 21.4. The van der Waals surface area contributed by atoms with E-state index in [0.29, 0.717) is 23.7 Å². The van der Waals surface area contributed by atoms with Gasteiger partial charge in [-0.25, -0.2) is 0 Å². The third-order valence-corrected chi connectivity index (χ3v) is 3.14. The van der Waals surface area contributed by atoms with E-state index in [9.17, 15) is 5.11 Å². The van der Waals surface area contributed by atoms with E-state index in [1.807, 2.05) is 43.3 Å². The number of para-hydroxylation sites is 2. The zero-order chi connectivity index (χ0) is 16.1. The fourth-order valence-electron chi connectivity index (χ4n) is 2.10. The van der Waals surface area contributed by atoms with Crippen LogP contribution in [-0.2, 0) is 0 Å². The normalized spacial score (nSPS) is 10.3. The number of anilines is 2. The van der Waals surface area contributed by atoms with Gasteiger partial charge >= 0.3 is 6.01 Å². The predicted molar refractivity (Wildman–Crippen MR) is 87.8 cm³/mol. The first kappa shape index (κ1) is 14.8. The van der Waals surface area contributed by atoms with Gasteiger partial charge < -0.3 is 15.2 Å². The van der Waals surface area contributed by atoms with Crippen molar-refractivity contribution < 1.29 is 9.84 Å². The van der Waals surface area contributed by atoms with Crippen LogP contribution in [0.15, 0.2) is 54.6 Å². The minimum absolute atomic E-state index is 0.115. The van der Waals surface area contributed by atoms with Crippen molar-refractivity contribution in [1.29, 1.82) is 0 Å². The van der Waals surface area contributed by atoms with E-state index in [2.05, 4.69) is 20.5 Å². The van der Waals surface area contributed by atoms with Crippen LogP contribution in [0.5, 0.6) is 11.8 Å². The molecule has 0 saturated carbocycles. The van der Waals surface area contributed by atoms with Gasteiger partial charge in [0, 0.05) is 11.3 Å². The Morgan fingerprint density at radius 3 is 2.48 bits per heavy atom. The Bertz CT molecular complexity index is 794. The van der Waals surface area contributed by atoms with E-state index >= 15 is 0 Å². The molecule has 1 heterocycles. The van der Waals surface area contributed by atoms with Gasteiger partial charge in [0.05, 0.1) is 6.61 Å². The number of nitrogens with zero attached hydrogens (tertiary/aromatic N) is 3. The Labute approximate surface area is 133 Å². The Hall–Kier alpha value is -3.15. The number of phenols is 1. The van der Waals surface area contributed by atoms with Crippen LogP contribution in [0.1, 0.15) is 6.92 Å². The van der Waals surface area contributed by atoms with Crippen LogP contribution in [0.3, 0.4) is 0 Å². The second kappa shape index (κ2) is 6.74. The fourth-order valence-corrected chi connectivity index (χ4v) is 2.10. The highest BCUT2D eigenvalue weighted by molar-refractivity contribution is 5.78. The average molecular weight is 308 g/mol. The molecule has 3 rings (SSSR count). The van der Waals surface area contributed by atoms with Crippen LogP contribution >= 0.6 is 0 Å². The topological polar surface area (TPSA) is 80.2 Å². The lowest BCUT2D eigenvalue weighted by Crippen LogP contribution is -2.05. The van der Waals surface area contributed by atoms with E-state index in [1.165, 1.54) is 0 Å². The second-order valence-corrected chi connectivity index (χ2v) is 4.73. The molecule has 6 nitrogen and oxygen atoms in total. The molecule has 0 fully saturated rings. The zero-order valence-electron chi connectivity index (χ0n) is 12.6. The summed E-state index contributed by atoms with van der Waals surface area (Å²) >= 11 is 0. The first-order chi connectivity index (χ1) is 11.3. The quantitative estimate of drug-likeness (QED) is 0.752. The highest BCUT2D eigenvalue weighted by Gasteiger charge is 2.15. The van der Waals surface area contributed by atoms with Crippen molar-refractivity contribution in [2.75, 3.05) is 11.9 Å². The lowest BCUT2D eigenvalue weighted by molar-refractivity contribution is 0.308. The summed E-state index contributed by atoms with van der Waals surface area (Å²) in [6, 6.07) is 16.7. The molecule has 23 heavy (non-hydrogen) atoms. The minimum atomic E-state index is 0.115. The maximum absolute atomic E-state index is 10.1. The molecule has 2 N–H and O–H groups in total. The van der Waals surface area contributed by atoms with Crippen molar-refractivity contribution in [3.8, 4) is 23.0 Å². The van der Waals surface area contributed by atoms with Gasteiger partial charge in [0.2, 0.25) is 0 Å². The highest BCUT2D eigenvalue weighted by Crippen LogP contribution is 2.33. The first-order valence-electron chi connectivity index (χ1n) is 7.26. The van der Waals surface area contributed by atoms with Crippen molar-refractivity contribution >= 4 is 11.5 Å². The van der Waals surface area contributed by atoms with Crippen molar-refractivity contribution in [1.82, 2.24) is 15.2 Å². The number of hydrogen-bond donors (Lipinski definition) is 2. The Kier molecular flexibility index (Phi) is 4.33. The number of nitrogens with one attached hydrogen (secondary N) is 1. The lowest BCUT2D eigenvalue weighted by atomic mass is 10.1. The van der Waals surface area contributed by atoms with Gasteiger partial charge in [0.25, 0.3) is 0 Å². The third kappa shape index (κ3) is 3.37. The number of hydrogen-bond acceptors (Lipinski definition) is 6. The van der Waals surface area contributed by atoms with Gasteiger partial charge in [-0.05, 0) is 31.2 Å². The van der Waals surface area contributed by atoms with Gasteiger partial charge in [-0.3, -0.25) is 0 Å². The van der Waals surface area contributed by atoms with E-state index in [4.69, 9.17) is 4.74 Å². The van der Waals surface area contributed by atoms with Gasteiger partial charge in [-0.15, -0.1) is 5.10 Å². The van der Waals surface area contributed by atoms with Crippen molar-refractivity contribution in [2.45, 2.75) is 6.92 Å². The molecule has 0 spiro atoms. The first-order valence-corrected chi connectivity index (χ1v) is 7.26. The molecule has 0 saturated heterocycles. The number of rotatable bonds is 5. The molecule has 0 atom stereocenters. The molecule has 1 aromatic heterocycles. The van der Waals surface area contributed by atoms with E-state index in [0.717, 1.165) is 5.69 Å². The smallest absolute Gasteiger partial charge is 0.337 e. The largest absolute Gasteiger partial charge is 0.507 e. The molecule has 0 aliphatic rings. The molecule has 116 valence electrons. The fraction of sp³-hybridized carbons (Fsp3) is 0.118. The third-order valence-electron chi connectivity index (χ3n) is 3.14. The standard InChI is InChI=1S/C17H16N4O2/c1-2-23-17-19-16(18-12-8-4-3-5-9-12)15(20-21-17)13-10-6-7-11-14(13)22/h3-11,22H,2H2,1H3,(H,18,19,21). The summed E-state index contributed by atoms with van der Waals surface area (Å²) in [6.45, 7) is 2.30. The van der Waals surface area contributed by atoms with Crippen molar-refractivity contribution in [3.05, 3.63) is 54.6 Å². The summed E-state index contributed by atoms with van der Waals surface area (Å²) in [5.41, 5.74) is 1.86. The van der Waals surface area contributed by atoms with E-state index < -0.39 is 0 Å². The van der Waals surface area contributed by atoms with Gasteiger partial charge in [0.1, 0.15) is 11.4 Å². The van der Waals surface area contributed by atoms with Crippen LogP contribution in [0.4, 0.5) is 11.5 Å². The second-order valence-electron chi connectivity index (χ2n) is 4.73. The zero-order valence-corrected chi connectivity index (χ0v) is 12.6. The van der Waals surface area contributed by atoms with E-state index in [1.54, 1.807) is 18.2 Å². The molecule has 0 aliphatic heterocycles. The molecule has 2 aromatic carbocycles. The number of benzene rings is 2. The van der Waals surface area contributed by atoms with Crippen molar-refractivity contribution in [3.63, 3.8) is 0 Å². The number of aromatic hydroxyl groups is 1. The monoisotopic (exact) mass is 308 g/mol. The molecule has 0 unspecified atom stereocenters. The van der Waals surface area contributed by atoms with E-state index in [-0.39, 0.29) is 11.8 Å². The maximum Gasteiger partial charge on any atom is 0.337 e. The van der Waals surface area contributed by atoms with Crippen LogP contribution in [0.2, 0.25) is 0 Å². The highest BCUT2D eigenvalue weighted by atomic mass is 16.5. The minimum Gasteiger partial charge on any atom is -0.507 e. The molecule has 0 radical (unpaired) electrons. The lowest BCUT2D eigenvalue weighted by Gasteiger charge is -2.12. The summed E-state index contributed by atoms with van der Waals surface area (Å²) < 4.78 is 5.32. The summed E-state index contributed by atoms with van der Waals surface area (Å²) in [5.74, 6) is 0.583. The van der Waals surface area contributed by atoms with Gasteiger partial charge in [-0.2, -0.15) is 4.98 Å². The molecular formula is C17H16N4O2. The molecule has 0 bridgehead atoms. The number of aromatic nitrogens is 3. The molecule has 0 aliphatic carbocycles. The molecule has 6 heteroatoms. The van der Waals surface area contributed by atoms with Crippen molar-refractivity contribution in [2.24, 2.45) is 0 Å². The number of ether oxygens (including phenoxy) is 1. The van der Waals surface area contributed by atoms with Crippen LogP contribution in [0, 0.1) is 0 Å². The van der Waals surface area contributed by atoms with Gasteiger partial charge in [-0.1, -0.05) is 35.4 Å². The summed E-state index contributed by atoms with van der Waals surface area (Å²) in [7, 11) is 0. The molecular weight excluding hydrogens is 292 g/mol. The molecule has 0 amide bonds. The maximum atomic E-state index is 10.1. The average Bonchev–Trinajstić information content (AvgIpc) is 2.57. The predicted octanol–water partition coefficient (Wildman–Crippen LogP) is 3.39. The SMILES string of the molecule is CCOc1nnc(-c2ccccc2O)c(Nc2ccccc2)n1. The Morgan fingerprint density at radius 1 is 1.00 bits per heavy atom. The Morgan fingerprint density at radius 2 is 1.74 bits per heavy atom. The number of phenolic OH excluding ortho intramolecular Hbond substituents is 1. The van der Waals surface area contributed by atoms with Crippen LogP contribution in [-0.4, -0.2) is 26.9 Å². The van der Waals surface area contributed by atoms with Crippen LogP contribution < -0.4 is 10.1 Å². The summed E-state index contributed by atoms with van der Waals surface area (Å²) in [4.78, 5) is 4.36. The van der Waals surface area contributed by atoms with Crippen LogP contribution in [0.25, 0.3) is 11.3 Å². The Balaban J connectivity index is 2.06. The summed E-state index contributed by atoms with van der Waals surface area (Å²) in [6.07, 6.45) is 0. The molecule has 3 aromatic rings. The van der Waals surface area contributed by atoms with Gasteiger partial charge in [0.15, 0.2) is 5.82 Å².